The molecule has 2 aromatic rings. The van der Waals surface area contributed by atoms with E-state index in [1.54, 1.807) is 6.07 Å². The van der Waals surface area contributed by atoms with Gasteiger partial charge >= 0.3 is 0 Å². The van der Waals surface area contributed by atoms with Crippen molar-refractivity contribution in [1.29, 1.82) is 0 Å². The molecule has 2 rings (SSSR count). The van der Waals surface area contributed by atoms with E-state index in [0.717, 1.165) is 17.5 Å². The van der Waals surface area contributed by atoms with Crippen LogP contribution in [0.2, 0.25) is 0 Å². The normalized spacial score (nSPS) is 10.4. The van der Waals surface area contributed by atoms with Crippen LogP contribution in [0.3, 0.4) is 0 Å². The molecule has 0 aliphatic heterocycles. The molecule has 2 aromatic carbocycles. The molecule has 0 aliphatic carbocycles. The number of carbonyl (C=O) groups excluding carboxylic acids is 1. The lowest BCUT2D eigenvalue weighted by atomic mass is 9.99. The highest BCUT2D eigenvalue weighted by atomic mass is 19.1. The van der Waals surface area contributed by atoms with Gasteiger partial charge in [-0.25, -0.2) is 4.39 Å². The molecule has 0 radical (unpaired) electrons. The molecule has 19 heavy (non-hydrogen) atoms. The smallest absolute Gasteiger partial charge is 0.137 e. The molecule has 0 unspecified atom stereocenters. The second kappa shape index (κ2) is 6.28. The van der Waals surface area contributed by atoms with Gasteiger partial charge in [-0.3, -0.25) is 4.79 Å². The van der Waals surface area contributed by atoms with Gasteiger partial charge in [0.2, 0.25) is 0 Å². The fourth-order valence-electron chi connectivity index (χ4n) is 2.09. The lowest BCUT2D eigenvalue weighted by molar-refractivity contribution is -0.118. The summed E-state index contributed by atoms with van der Waals surface area (Å²) in [7, 11) is 0. The minimum atomic E-state index is -0.252. The number of hydrogen-bond acceptors (Lipinski definition) is 1. The summed E-state index contributed by atoms with van der Waals surface area (Å²) in [4.78, 5) is 11.9. The predicted octanol–water partition coefficient (Wildman–Crippen LogP) is 3.88. The third-order valence-electron chi connectivity index (χ3n) is 3.23. The van der Waals surface area contributed by atoms with Crippen molar-refractivity contribution in [2.45, 2.75) is 26.2 Å². The highest BCUT2D eigenvalue weighted by Crippen LogP contribution is 2.12. The maximum Gasteiger partial charge on any atom is 0.137 e. The van der Waals surface area contributed by atoms with Gasteiger partial charge in [0.15, 0.2) is 0 Å². The SMILES string of the molecule is Cc1cc(F)ccc1CC(=O)CCc1ccccc1. The van der Waals surface area contributed by atoms with Crippen LogP contribution in [0.15, 0.2) is 48.5 Å². The van der Waals surface area contributed by atoms with E-state index in [0.29, 0.717) is 12.8 Å². The maximum atomic E-state index is 13.0. The fraction of sp³-hybridized carbons (Fsp3) is 0.235. The Morgan fingerprint density at radius 3 is 2.53 bits per heavy atom. The van der Waals surface area contributed by atoms with Crippen molar-refractivity contribution in [3.63, 3.8) is 0 Å². The van der Waals surface area contributed by atoms with Gasteiger partial charge in [-0.1, -0.05) is 36.4 Å². The second-order valence-electron chi connectivity index (χ2n) is 4.77. The molecule has 0 bridgehead atoms. The summed E-state index contributed by atoms with van der Waals surface area (Å²) >= 11 is 0. The minimum Gasteiger partial charge on any atom is -0.299 e. The van der Waals surface area contributed by atoms with Crippen LogP contribution in [0.4, 0.5) is 4.39 Å². The van der Waals surface area contributed by atoms with E-state index in [-0.39, 0.29) is 11.6 Å². The zero-order valence-corrected chi connectivity index (χ0v) is 11.0. The van der Waals surface area contributed by atoms with Gasteiger partial charge in [-0.2, -0.15) is 0 Å². The lowest BCUT2D eigenvalue weighted by Crippen LogP contribution is -2.05. The van der Waals surface area contributed by atoms with Crippen LogP contribution >= 0.6 is 0 Å². The maximum absolute atomic E-state index is 13.0. The molecule has 0 N–H and O–H groups in total. The predicted molar refractivity (Wildman–Crippen MR) is 74.6 cm³/mol. The first kappa shape index (κ1) is 13.5. The zero-order valence-electron chi connectivity index (χ0n) is 11.0. The van der Waals surface area contributed by atoms with E-state index in [9.17, 15) is 9.18 Å². The molecule has 0 atom stereocenters. The monoisotopic (exact) mass is 256 g/mol. The Labute approximate surface area is 113 Å². The van der Waals surface area contributed by atoms with E-state index in [4.69, 9.17) is 0 Å². The Hall–Kier alpha value is -1.96. The van der Waals surface area contributed by atoms with Crippen molar-refractivity contribution in [2.75, 3.05) is 0 Å². The minimum absolute atomic E-state index is 0.193. The standard InChI is InChI=1S/C17H17FO/c1-13-11-16(18)9-8-15(13)12-17(19)10-7-14-5-3-2-4-6-14/h2-6,8-9,11H,7,10,12H2,1H3. The van der Waals surface area contributed by atoms with Gasteiger partial charge < -0.3 is 0 Å². The Bertz CT molecular complexity index is 561. The first-order valence-corrected chi connectivity index (χ1v) is 6.46. The van der Waals surface area contributed by atoms with Crippen LogP contribution in [-0.2, 0) is 17.6 Å². The van der Waals surface area contributed by atoms with Crippen molar-refractivity contribution in [3.05, 3.63) is 71.0 Å². The summed E-state index contributed by atoms with van der Waals surface area (Å²) in [6.45, 7) is 1.84. The third-order valence-corrected chi connectivity index (χ3v) is 3.23. The molecule has 0 aromatic heterocycles. The van der Waals surface area contributed by atoms with Crippen LogP contribution in [0.25, 0.3) is 0 Å². The van der Waals surface area contributed by atoms with Crippen molar-refractivity contribution in [2.24, 2.45) is 0 Å². The Morgan fingerprint density at radius 1 is 1.11 bits per heavy atom. The van der Waals surface area contributed by atoms with Crippen LogP contribution in [0.1, 0.15) is 23.1 Å². The molecule has 1 nitrogen and oxygen atoms in total. The summed E-state index contributed by atoms with van der Waals surface area (Å²) < 4.78 is 13.0. The van der Waals surface area contributed by atoms with E-state index in [1.807, 2.05) is 37.3 Å². The summed E-state index contributed by atoms with van der Waals surface area (Å²) in [5, 5.41) is 0. The zero-order chi connectivity index (χ0) is 13.7. The second-order valence-corrected chi connectivity index (χ2v) is 4.77. The number of hydrogen-bond donors (Lipinski definition) is 0. The molecule has 0 amide bonds. The average Bonchev–Trinajstić information content (AvgIpc) is 2.41. The Morgan fingerprint density at radius 2 is 1.84 bits per heavy atom. The van der Waals surface area contributed by atoms with E-state index in [2.05, 4.69) is 0 Å². The number of carbonyl (C=O) groups is 1. The van der Waals surface area contributed by atoms with Gasteiger partial charge in [0.25, 0.3) is 0 Å². The van der Waals surface area contributed by atoms with Gasteiger partial charge in [-0.05, 0) is 42.2 Å². The molecule has 0 fully saturated rings. The van der Waals surface area contributed by atoms with Crippen LogP contribution in [0.5, 0.6) is 0 Å². The first-order valence-electron chi connectivity index (χ1n) is 6.46. The highest BCUT2D eigenvalue weighted by molar-refractivity contribution is 5.81. The number of benzene rings is 2. The number of Topliss-reactive ketones (excluding diaryl/α,β-unsaturated/α-hetero) is 1. The third kappa shape index (κ3) is 4.02. The number of rotatable bonds is 5. The van der Waals surface area contributed by atoms with Crippen molar-refractivity contribution in [1.82, 2.24) is 0 Å². The highest BCUT2D eigenvalue weighted by Gasteiger charge is 2.07. The molecular formula is C17H17FO. The van der Waals surface area contributed by atoms with Crippen LogP contribution < -0.4 is 0 Å². The quantitative estimate of drug-likeness (QED) is 0.793. The Kier molecular flexibility index (Phi) is 4.45. The largest absolute Gasteiger partial charge is 0.299 e. The van der Waals surface area contributed by atoms with Crippen LogP contribution in [0, 0.1) is 12.7 Å². The summed E-state index contributed by atoms with van der Waals surface area (Å²) in [6.07, 6.45) is 1.68. The average molecular weight is 256 g/mol. The van der Waals surface area contributed by atoms with Gasteiger partial charge in [-0.15, -0.1) is 0 Å². The number of halogens is 1. The summed E-state index contributed by atoms with van der Waals surface area (Å²) in [5.41, 5.74) is 2.93. The van der Waals surface area contributed by atoms with Crippen molar-refractivity contribution >= 4 is 5.78 Å². The summed E-state index contributed by atoms with van der Waals surface area (Å²) in [6, 6.07) is 14.5. The number of ketones is 1. The van der Waals surface area contributed by atoms with Crippen molar-refractivity contribution < 1.29 is 9.18 Å². The van der Waals surface area contributed by atoms with Gasteiger partial charge in [0, 0.05) is 12.8 Å². The molecular weight excluding hydrogens is 239 g/mol. The summed E-state index contributed by atoms with van der Waals surface area (Å²) in [5.74, 6) is -0.0588. The molecule has 2 heteroatoms. The molecule has 0 spiro atoms. The topological polar surface area (TPSA) is 17.1 Å². The molecule has 0 heterocycles. The molecule has 0 saturated heterocycles. The first-order chi connectivity index (χ1) is 9.15. The molecule has 0 saturated carbocycles. The van der Waals surface area contributed by atoms with E-state index >= 15 is 0 Å². The van der Waals surface area contributed by atoms with Crippen molar-refractivity contribution in [3.8, 4) is 0 Å². The fourth-order valence-corrected chi connectivity index (χ4v) is 2.09. The lowest BCUT2D eigenvalue weighted by Gasteiger charge is -2.05. The van der Waals surface area contributed by atoms with Gasteiger partial charge in [0.1, 0.15) is 11.6 Å². The molecule has 98 valence electrons. The van der Waals surface area contributed by atoms with E-state index in [1.165, 1.54) is 17.7 Å². The number of aryl methyl sites for hydroxylation is 2. The van der Waals surface area contributed by atoms with Gasteiger partial charge in [0.05, 0.1) is 0 Å². The Balaban J connectivity index is 1.91. The van der Waals surface area contributed by atoms with Crippen LogP contribution in [-0.4, -0.2) is 5.78 Å². The van der Waals surface area contributed by atoms with E-state index < -0.39 is 0 Å². The molecule has 0 aliphatic rings.